The van der Waals surface area contributed by atoms with Crippen LogP contribution < -0.4 is 5.73 Å². The fraction of sp³-hybridized carbons (Fsp3) is 0.400. The van der Waals surface area contributed by atoms with Gasteiger partial charge in [-0.1, -0.05) is 13.0 Å². The molecule has 2 aromatic heterocycles. The number of amides is 1. The largest absolute Gasteiger partial charge is 0.383 e. The fourth-order valence-electron chi connectivity index (χ4n) is 2.57. The molecule has 0 spiro atoms. The number of aromatic nitrogens is 3. The Hall–Kier alpha value is -2.37. The molecule has 1 saturated heterocycles. The first-order valence-corrected chi connectivity index (χ1v) is 7.21. The highest BCUT2D eigenvalue weighted by atomic mass is 16.2. The van der Waals surface area contributed by atoms with Crippen molar-refractivity contribution in [3.63, 3.8) is 0 Å². The highest BCUT2D eigenvalue weighted by Crippen LogP contribution is 2.21. The zero-order chi connectivity index (χ0) is 14.8. The first kappa shape index (κ1) is 13.6. The lowest BCUT2D eigenvalue weighted by molar-refractivity contribution is 0.0698. The van der Waals surface area contributed by atoms with E-state index >= 15 is 0 Å². The van der Waals surface area contributed by atoms with E-state index in [1.54, 1.807) is 12.3 Å². The van der Waals surface area contributed by atoms with Gasteiger partial charge < -0.3 is 10.6 Å². The summed E-state index contributed by atoms with van der Waals surface area (Å²) in [5, 5.41) is 4.20. The molecule has 6 nitrogen and oxygen atoms in total. The third-order valence-electron chi connectivity index (χ3n) is 3.97. The van der Waals surface area contributed by atoms with Gasteiger partial charge in [0.25, 0.3) is 5.91 Å². The summed E-state index contributed by atoms with van der Waals surface area (Å²) in [5.74, 6) is 1.60. The highest BCUT2D eigenvalue weighted by molar-refractivity contribution is 5.98. The summed E-state index contributed by atoms with van der Waals surface area (Å²) in [6.45, 7) is 3.79. The number of hydrogen-bond acceptors (Lipinski definition) is 4. The number of anilines is 1. The molecule has 1 amide bonds. The maximum Gasteiger partial charge on any atom is 0.259 e. The summed E-state index contributed by atoms with van der Waals surface area (Å²) in [6, 6.07) is 5.49. The second-order valence-corrected chi connectivity index (χ2v) is 5.52. The van der Waals surface area contributed by atoms with Crippen molar-refractivity contribution in [2.24, 2.45) is 5.92 Å². The van der Waals surface area contributed by atoms with Crippen LogP contribution in [0.5, 0.6) is 0 Å². The van der Waals surface area contributed by atoms with E-state index in [1.165, 1.54) is 10.9 Å². The summed E-state index contributed by atoms with van der Waals surface area (Å²) in [6.07, 6.45) is 5.29. The van der Waals surface area contributed by atoms with Crippen molar-refractivity contribution in [1.29, 1.82) is 0 Å². The summed E-state index contributed by atoms with van der Waals surface area (Å²) in [4.78, 5) is 18.6. The SMILES string of the molecule is CC1CCN(C(=O)c2cnn(-c3ccccn3)c2N)CC1. The monoisotopic (exact) mass is 285 g/mol. The van der Waals surface area contributed by atoms with Gasteiger partial charge in [0.2, 0.25) is 0 Å². The summed E-state index contributed by atoms with van der Waals surface area (Å²) in [7, 11) is 0. The standard InChI is InChI=1S/C15H19N5O/c1-11-5-8-19(9-6-11)15(21)12-10-18-20(14(12)16)13-4-2-3-7-17-13/h2-4,7,10-11H,5-6,8-9,16H2,1H3. The molecule has 1 fully saturated rings. The number of rotatable bonds is 2. The number of nitrogen functional groups attached to an aromatic ring is 1. The van der Waals surface area contributed by atoms with Gasteiger partial charge >= 0.3 is 0 Å². The third kappa shape index (κ3) is 2.61. The molecule has 1 aliphatic heterocycles. The van der Waals surface area contributed by atoms with E-state index in [9.17, 15) is 4.79 Å². The van der Waals surface area contributed by atoms with Crippen LogP contribution in [0, 0.1) is 5.92 Å². The number of nitrogens with zero attached hydrogens (tertiary/aromatic N) is 4. The molecular weight excluding hydrogens is 266 g/mol. The summed E-state index contributed by atoms with van der Waals surface area (Å²) >= 11 is 0. The lowest BCUT2D eigenvalue weighted by atomic mass is 9.99. The average Bonchev–Trinajstić information content (AvgIpc) is 2.90. The minimum Gasteiger partial charge on any atom is -0.383 e. The van der Waals surface area contributed by atoms with Crippen molar-refractivity contribution in [2.45, 2.75) is 19.8 Å². The molecule has 0 aliphatic carbocycles. The molecule has 3 heterocycles. The maximum absolute atomic E-state index is 12.5. The second kappa shape index (κ2) is 5.55. The van der Waals surface area contributed by atoms with Crippen molar-refractivity contribution < 1.29 is 4.79 Å². The zero-order valence-electron chi connectivity index (χ0n) is 12.1. The van der Waals surface area contributed by atoms with Crippen molar-refractivity contribution in [1.82, 2.24) is 19.7 Å². The summed E-state index contributed by atoms with van der Waals surface area (Å²) < 4.78 is 1.50. The molecule has 1 aliphatic rings. The molecule has 2 aromatic rings. The van der Waals surface area contributed by atoms with Gasteiger partial charge in [-0.25, -0.2) is 4.98 Å². The van der Waals surface area contributed by atoms with Gasteiger partial charge in [-0.2, -0.15) is 9.78 Å². The second-order valence-electron chi connectivity index (χ2n) is 5.52. The number of carbonyl (C=O) groups excluding carboxylic acids is 1. The van der Waals surface area contributed by atoms with Crippen molar-refractivity contribution in [3.8, 4) is 5.82 Å². The molecule has 0 bridgehead atoms. The smallest absolute Gasteiger partial charge is 0.259 e. The quantitative estimate of drug-likeness (QED) is 0.911. The molecule has 0 atom stereocenters. The number of carbonyl (C=O) groups is 1. The minimum atomic E-state index is -0.0402. The Morgan fingerprint density at radius 3 is 2.76 bits per heavy atom. The molecule has 21 heavy (non-hydrogen) atoms. The minimum absolute atomic E-state index is 0.0402. The van der Waals surface area contributed by atoms with Crippen molar-refractivity contribution in [3.05, 3.63) is 36.2 Å². The van der Waals surface area contributed by atoms with E-state index in [2.05, 4.69) is 17.0 Å². The number of likely N-dealkylation sites (tertiary alicyclic amines) is 1. The van der Waals surface area contributed by atoms with Gasteiger partial charge in [0.1, 0.15) is 11.4 Å². The van der Waals surface area contributed by atoms with Crippen LogP contribution in [0.3, 0.4) is 0 Å². The van der Waals surface area contributed by atoms with Gasteiger partial charge in [0.15, 0.2) is 5.82 Å². The lowest BCUT2D eigenvalue weighted by Gasteiger charge is -2.30. The van der Waals surface area contributed by atoms with Crippen LogP contribution >= 0.6 is 0 Å². The van der Waals surface area contributed by atoms with Crippen molar-refractivity contribution >= 4 is 11.7 Å². The zero-order valence-corrected chi connectivity index (χ0v) is 12.1. The molecule has 6 heteroatoms. The van der Waals surface area contributed by atoms with E-state index in [0.717, 1.165) is 25.9 Å². The van der Waals surface area contributed by atoms with Crippen LogP contribution in [-0.4, -0.2) is 38.7 Å². The van der Waals surface area contributed by atoms with E-state index in [1.807, 2.05) is 17.0 Å². The van der Waals surface area contributed by atoms with Gasteiger partial charge in [-0.15, -0.1) is 0 Å². The molecule has 3 rings (SSSR count). The van der Waals surface area contributed by atoms with Crippen LogP contribution in [0.15, 0.2) is 30.6 Å². The molecule has 0 aromatic carbocycles. The third-order valence-corrected chi connectivity index (χ3v) is 3.97. The van der Waals surface area contributed by atoms with Crippen molar-refractivity contribution in [2.75, 3.05) is 18.8 Å². The van der Waals surface area contributed by atoms with Gasteiger partial charge in [0.05, 0.1) is 6.20 Å². The molecule has 2 N–H and O–H groups in total. The number of nitrogens with two attached hydrogens (primary N) is 1. The maximum atomic E-state index is 12.5. The van der Waals surface area contributed by atoms with E-state index < -0.39 is 0 Å². The van der Waals surface area contributed by atoms with E-state index in [4.69, 9.17) is 5.73 Å². The predicted octanol–water partition coefficient (Wildman–Crippen LogP) is 1.72. The summed E-state index contributed by atoms with van der Waals surface area (Å²) in [5.41, 5.74) is 6.54. The van der Waals surface area contributed by atoms with E-state index in [0.29, 0.717) is 23.1 Å². The number of pyridine rings is 1. The average molecular weight is 285 g/mol. The highest BCUT2D eigenvalue weighted by Gasteiger charge is 2.25. The van der Waals surface area contributed by atoms with Crippen LogP contribution in [0.4, 0.5) is 5.82 Å². The van der Waals surface area contributed by atoms with Crippen LogP contribution in [0.1, 0.15) is 30.1 Å². The Morgan fingerprint density at radius 1 is 1.33 bits per heavy atom. The molecule has 0 radical (unpaired) electrons. The first-order valence-electron chi connectivity index (χ1n) is 7.21. The molecule has 0 unspecified atom stereocenters. The molecular formula is C15H19N5O. The predicted molar refractivity (Wildman–Crippen MR) is 80.1 cm³/mol. The van der Waals surface area contributed by atoms with Crippen LogP contribution in [0.2, 0.25) is 0 Å². The fourth-order valence-corrected chi connectivity index (χ4v) is 2.57. The Kier molecular flexibility index (Phi) is 3.60. The van der Waals surface area contributed by atoms with Crippen LogP contribution in [0.25, 0.3) is 5.82 Å². The Balaban J connectivity index is 1.84. The normalized spacial score (nSPS) is 16.1. The molecule has 110 valence electrons. The van der Waals surface area contributed by atoms with E-state index in [-0.39, 0.29) is 5.91 Å². The Bertz CT molecular complexity index is 629. The number of hydrogen-bond donors (Lipinski definition) is 1. The Morgan fingerprint density at radius 2 is 2.10 bits per heavy atom. The van der Waals surface area contributed by atoms with Gasteiger partial charge in [-0.05, 0) is 30.9 Å². The van der Waals surface area contributed by atoms with Gasteiger partial charge in [0, 0.05) is 19.3 Å². The first-order chi connectivity index (χ1) is 10.2. The van der Waals surface area contributed by atoms with Gasteiger partial charge in [-0.3, -0.25) is 4.79 Å². The number of piperidine rings is 1. The van der Waals surface area contributed by atoms with Crippen LogP contribution in [-0.2, 0) is 0 Å². The molecule has 0 saturated carbocycles. The topological polar surface area (TPSA) is 77.0 Å². The lowest BCUT2D eigenvalue weighted by Crippen LogP contribution is -2.38. The Labute approximate surface area is 123 Å².